The topological polar surface area (TPSA) is 69.6 Å². The van der Waals surface area contributed by atoms with Crippen LogP contribution in [-0.4, -0.2) is 29.3 Å². The first kappa shape index (κ1) is 21.0. The van der Waals surface area contributed by atoms with Crippen molar-refractivity contribution in [1.29, 1.82) is 0 Å². The quantitative estimate of drug-likeness (QED) is 0.533. The van der Waals surface area contributed by atoms with Crippen molar-refractivity contribution in [2.24, 2.45) is 5.92 Å². The fourth-order valence-corrected chi connectivity index (χ4v) is 5.21. The van der Waals surface area contributed by atoms with Gasteiger partial charge >= 0.3 is 0 Å². The summed E-state index contributed by atoms with van der Waals surface area (Å²) in [6.07, 6.45) is 7.73. The second kappa shape index (κ2) is 10.1. The highest BCUT2D eigenvalue weighted by molar-refractivity contribution is 7.61. The van der Waals surface area contributed by atoms with Gasteiger partial charge in [0.1, 0.15) is 0 Å². The Kier molecular flexibility index (Phi) is 8.47. The van der Waals surface area contributed by atoms with Gasteiger partial charge in [0.15, 0.2) is 0 Å². The van der Waals surface area contributed by atoms with Gasteiger partial charge in [0.2, 0.25) is 7.37 Å². The lowest BCUT2D eigenvalue weighted by atomic mass is 9.91. The summed E-state index contributed by atoms with van der Waals surface area (Å²) < 4.78 is 12.3. The van der Waals surface area contributed by atoms with Gasteiger partial charge in [0.25, 0.3) is 0 Å². The molecular formula is C18H26Cl2NO3P. The van der Waals surface area contributed by atoms with Crippen molar-refractivity contribution in [3.63, 3.8) is 0 Å². The fourth-order valence-electron chi connectivity index (χ4n) is 3.25. The standard InChI is InChI=1S/C18H26Cl2NO3P/c19-16-8-7-15(11-17(16)20)18(12-22)21-9-4-10-25(23,24)13-14-5-2-1-3-6-14/h4,7-8,10-11,14,18,21-22H,1-3,5-6,9,12-13H2,(H,23,24)/b10-4+. The summed E-state index contributed by atoms with van der Waals surface area (Å²) in [6, 6.07) is 4.88. The average Bonchev–Trinajstić information content (AvgIpc) is 2.58. The molecule has 0 radical (unpaired) electrons. The lowest BCUT2D eigenvalue weighted by Gasteiger charge is -2.22. The van der Waals surface area contributed by atoms with Gasteiger partial charge < -0.3 is 15.3 Å². The van der Waals surface area contributed by atoms with Gasteiger partial charge in [-0.25, -0.2) is 0 Å². The summed E-state index contributed by atoms with van der Waals surface area (Å²) >= 11 is 11.9. The summed E-state index contributed by atoms with van der Waals surface area (Å²) in [7, 11) is -3.24. The number of nitrogens with one attached hydrogen (secondary N) is 1. The predicted molar refractivity (Wildman–Crippen MR) is 105 cm³/mol. The lowest BCUT2D eigenvalue weighted by molar-refractivity contribution is 0.248. The first-order valence-electron chi connectivity index (χ1n) is 8.69. The van der Waals surface area contributed by atoms with Gasteiger partial charge in [0, 0.05) is 12.7 Å². The number of aliphatic hydroxyl groups excluding tert-OH is 1. The smallest absolute Gasteiger partial charge is 0.222 e. The maximum Gasteiger partial charge on any atom is 0.222 e. The van der Waals surface area contributed by atoms with Crippen molar-refractivity contribution in [2.75, 3.05) is 19.3 Å². The van der Waals surface area contributed by atoms with Gasteiger partial charge in [-0.15, -0.1) is 0 Å². The molecule has 0 bridgehead atoms. The zero-order valence-corrected chi connectivity index (χ0v) is 16.6. The molecule has 0 amide bonds. The van der Waals surface area contributed by atoms with Crippen LogP contribution >= 0.6 is 30.6 Å². The molecule has 2 unspecified atom stereocenters. The van der Waals surface area contributed by atoms with Crippen molar-refractivity contribution in [3.8, 4) is 0 Å². The third-order valence-corrected chi connectivity index (χ3v) is 7.05. The minimum atomic E-state index is -3.24. The monoisotopic (exact) mass is 405 g/mol. The number of benzene rings is 1. The predicted octanol–water partition coefficient (Wildman–Crippen LogP) is 4.98. The van der Waals surface area contributed by atoms with Crippen LogP contribution in [0, 0.1) is 5.92 Å². The maximum atomic E-state index is 12.3. The van der Waals surface area contributed by atoms with Gasteiger partial charge in [-0.3, -0.25) is 4.57 Å². The Morgan fingerprint density at radius 2 is 1.96 bits per heavy atom. The first-order chi connectivity index (χ1) is 11.9. The molecule has 1 aliphatic rings. The van der Waals surface area contributed by atoms with E-state index in [-0.39, 0.29) is 12.6 Å². The van der Waals surface area contributed by atoms with Crippen LogP contribution in [0.4, 0.5) is 0 Å². The SMILES string of the molecule is O=P(O)(/C=C/CNC(CO)c1ccc(Cl)c(Cl)c1)CC1CCCCC1. The Labute approximate surface area is 159 Å². The van der Waals surface area contributed by atoms with Gasteiger partial charge in [-0.05, 0) is 42.3 Å². The third-order valence-electron chi connectivity index (χ3n) is 4.59. The molecule has 7 heteroatoms. The van der Waals surface area contributed by atoms with E-state index in [2.05, 4.69) is 5.32 Å². The van der Waals surface area contributed by atoms with E-state index < -0.39 is 7.37 Å². The Hall–Kier alpha value is -0.350. The molecule has 1 saturated carbocycles. The molecule has 1 aromatic carbocycles. The third kappa shape index (κ3) is 7.05. The normalized spacial score (nSPS) is 19.8. The highest BCUT2D eigenvalue weighted by Gasteiger charge is 2.23. The van der Waals surface area contributed by atoms with Crippen LogP contribution in [-0.2, 0) is 4.57 Å². The van der Waals surface area contributed by atoms with E-state index in [4.69, 9.17) is 23.2 Å². The largest absolute Gasteiger partial charge is 0.394 e. The van der Waals surface area contributed by atoms with E-state index in [0.29, 0.717) is 28.7 Å². The van der Waals surface area contributed by atoms with Crippen LogP contribution in [0.1, 0.15) is 43.7 Å². The molecule has 2 atom stereocenters. The second-order valence-electron chi connectivity index (χ2n) is 6.64. The lowest BCUT2D eigenvalue weighted by Crippen LogP contribution is -2.24. The number of rotatable bonds is 8. The van der Waals surface area contributed by atoms with Crippen LogP contribution in [0.5, 0.6) is 0 Å². The fraction of sp³-hybridized carbons (Fsp3) is 0.556. The molecule has 1 aliphatic carbocycles. The van der Waals surface area contributed by atoms with Crippen LogP contribution in [0.3, 0.4) is 0 Å². The number of hydrogen-bond donors (Lipinski definition) is 3. The summed E-state index contributed by atoms with van der Waals surface area (Å²) in [6.45, 7) is 0.283. The summed E-state index contributed by atoms with van der Waals surface area (Å²) in [5.74, 6) is 1.79. The molecule has 4 nitrogen and oxygen atoms in total. The van der Waals surface area contributed by atoms with Gasteiger partial charge in [-0.1, -0.05) is 54.6 Å². The van der Waals surface area contributed by atoms with Crippen molar-refractivity contribution in [3.05, 3.63) is 45.7 Å². The number of halogens is 2. The van der Waals surface area contributed by atoms with E-state index in [9.17, 15) is 14.6 Å². The summed E-state index contributed by atoms with van der Waals surface area (Å²) in [4.78, 5) is 10.1. The van der Waals surface area contributed by atoms with Gasteiger partial charge in [0.05, 0.1) is 22.7 Å². The molecular weight excluding hydrogens is 380 g/mol. The van der Waals surface area contributed by atoms with E-state index >= 15 is 0 Å². The van der Waals surface area contributed by atoms with E-state index in [0.717, 1.165) is 31.2 Å². The summed E-state index contributed by atoms with van der Waals surface area (Å²) in [5.41, 5.74) is 0.819. The second-order valence-corrected chi connectivity index (χ2v) is 9.63. The molecule has 0 heterocycles. The maximum absolute atomic E-state index is 12.3. The van der Waals surface area contributed by atoms with Crippen LogP contribution in [0.25, 0.3) is 0 Å². The van der Waals surface area contributed by atoms with Crippen LogP contribution in [0.2, 0.25) is 10.0 Å². The molecule has 0 spiro atoms. The molecule has 1 aromatic rings. The van der Waals surface area contributed by atoms with E-state index in [1.807, 2.05) is 0 Å². The van der Waals surface area contributed by atoms with E-state index in [1.54, 1.807) is 24.3 Å². The Morgan fingerprint density at radius 1 is 1.24 bits per heavy atom. The molecule has 0 aliphatic heterocycles. The molecule has 140 valence electrons. The highest BCUT2D eigenvalue weighted by Crippen LogP contribution is 2.46. The van der Waals surface area contributed by atoms with Crippen LogP contribution < -0.4 is 5.32 Å². The highest BCUT2D eigenvalue weighted by atomic mass is 35.5. The minimum absolute atomic E-state index is 0.106. The van der Waals surface area contributed by atoms with Crippen molar-refractivity contribution in [2.45, 2.75) is 38.1 Å². The first-order valence-corrected chi connectivity index (χ1v) is 11.4. The average molecular weight is 406 g/mol. The molecule has 0 aromatic heterocycles. The number of aliphatic hydroxyl groups is 1. The Balaban J connectivity index is 1.85. The molecule has 25 heavy (non-hydrogen) atoms. The molecule has 2 rings (SSSR count). The van der Waals surface area contributed by atoms with Gasteiger partial charge in [-0.2, -0.15) is 0 Å². The van der Waals surface area contributed by atoms with E-state index in [1.165, 1.54) is 12.2 Å². The van der Waals surface area contributed by atoms with Crippen molar-refractivity contribution in [1.82, 2.24) is 5.32 Å². The zero-order chi connectivity index (χ0) is 18.3. The van der Waals surface area contributed by atoms with Crippen molar-refractivity contribution >= 4 is 30.6 Å². The number of hydrogen-bond acceptors (Lipinski definition) is 3. The van der Waals surface area contributed by atoms with Crippen molar-refractivity contribution < 1.29 is 14.6 Å². The van der Waals surface area contributed by atoms with Crippen LogP contribution in [0.15, 0.2) is 30.1 Å². The Morgan fingerprint density at radius 3 is 2.60 bits per heavy atom. The molecule has 0 saturated heterocycles. The molecule has 1 fully saturated rings. The molecule has 3 N–H and O–H groups in total. The minimum Gasteiger partial charge on any atom is -0.394 e. The Bertz CT molecular complexity index is 633. The zero-order valence-electron chi connectivity index (χ0n) is 14.2. The summed E-state index contributed by atoms with van der Waals surface area (Å²) in [5, 5.41) is 13.6.